The average Bonchev–Trinajstić information content (AvgIpc) is 3.02. The van der Waals surface area contributed by atoms with Gasteiger partial charge in [0.1, 0.15) is 5.54 Å². The van der Waals surface area contributed by atoms with Gasteiger partial charge in [-0.2, -0.15) is 0 Å². The van der Waals surface area contributed by atoms with Crippen molar-refractivity contribution in [1.82, 2.24) is 19.7 Å². The van der Waals surface area contributed by atoms with Crippen molar-refractivity contribution in [2.75, 3.05) is 33.4 Å². The fourth-order valence-electron chi connectivity index (χ4n) is 5.12. The molecule has 0 bridgehead atoms. The maximum absolute atomic E-state index is 13.7. The zero-order valence-electron chi connectivity index (χ0n) is 19.7. The number of rotatable bonds is 9. The van der Waals surface area contributed by atoms with Gasteiger partial charge in [-0.1, -0.05) is 36.4 Å². The lowest BCUT2D eigenvalue weighted by Gasteiger charge is -2.44. The summed E-state index contributed by atoms with van der Waals surface area (Å²) in [6.45, 7) is 5.25. The Morgan fingerprint density at radius 2 is 1.79 bits per heavy atom. The van der Waals surface area contributed by atoms with E-state index in [1.54, 1.807) is 13.3 Å². The Bertz CT molecular complexity index is 929. The number of hydrogen-bond donors (Lipinski definition) is 0. The van der Waals surface area contributed by atoms with Gasteiger partial charge in [-0.3, -0.25) is 19.6 Å². The summed E-state index contributed by atoms with van der Waals surface area (Å²) in [7, 11) is 1.71. The Kier molecular flexibility index (Phi) is 7.40. The van der Waals surface area contributed by atoms with Crippen molar-refractivity contribution in [2.45, 2.75) is 50.7 Å². The van der Waals surface area contributed by atoms with Gasteiger partial charge < -0.3 is 9.64 Å². The van der Waals surface area contributed by atoms with Crippen LogP contribution in [0.4, 0.5) is 4.79 Å². The molecule has 2 aliphatic heterocycles. The number of carbonyl (C=O) groups is 2. The van der Waals surface area contributed by atoms with Crippen molar-refractivity contribution in [1.29, 1.82) is 0 Å². The van der Waals surface area contributed by atoms with Crippen molar-refractivity contribution in [3.05, 3.63) is 66.0 Å². The first-order valence-electron chi connectivity index (χ1n) is 11.8. The fraction of sp³-hybridized carbons (Fsp3) is 0.500. The highest BCUT2D eigenvalue weighted by atomic mass is 16.5. The maximum atomic E-state index is 13.7. The molecule has 0 saturated carbocycles. The number of urea groups is 1. The molecule has 1 aromatic heterocycles. The number of imide groups is 1. The Morgan fingerprint density at radius 1 is 1.06 bits per heavy atom. The first kappa shape index (κ1) is 23.4. The van der Waals surface area contributed by atoms with E-state index in [2.05, 4.69) is 16.8 Å². The van der Waals surface area contributed by atoms with Gasteiger partial charge in [-0.15, -0.1) is 0 Å². The third-order valence-electron chi connectivity index (χ3n) is 7.03. The van der Waals surface area contributed by atoms with Crippen molar-refractivity contribution < 1.29 is 14.3 Å². The molecule has 3 heterocycles. The second-order valence-corrected chi connectivity index (χ2v) is 9.15. The molecule has 7 nitrogen and oxygen atoms in total. The van der Waals surface area contributed by atoms with Crippen LogP contribution < -0.4 is 0 Å². The van der Waals surface area contributed by atoms with Crippen LogP contribution in [0.5, 0.6) is 0 Å². The second kappa shape index (κ2) is 10.4. The van der Waals surface area contributed by atoms with Gasteiger partial charge in [-0.05, 0) is 49.8 Å². The molecule has 4 rings (SSSR count). The van der Waals surface area contributed by atoms with Crippen LogP contribution >= 0.6 is 0 Å². The van der Waals surface area contributed by atoms with Crippen LogP contribution in [-0.4, -0.2) is 76.6 Å². The first-order chi connectivity index (χ1) is 16.0. The van der Waals surface area contributed by atoms with Gasteiger partial charge in [-0.25, -0.2) is 4.79 Å². The van der Waals surface area contributed by atoms with Crippen molar-refractivity contribution in [3.63, 3.8) is 0 Å². The molecular weight excluding hydrogens is 416 g/mol. The number of amides is 3. The third-order valence-corrected chi connectivity index (χ3v) is 7.03. The monoisotopic (exact) mass is 450 g/mol. The molecule has 33 heavy (non-hydrogen) atoms. The number of aryl methyl sites for hydroxylation is 1. The lowest BCUT2D eigenvalue weighted by Crippen LogP contribution is -2.57. The minimum atomic E-state index is -0.759. The van der Waals surface area contributed by atoms with E-state index in [9.17, 15) is 9.59 Å². The number of nitrogens with zero attached hydrogens (tertiary/aromatic N) is 4. The van der Waals surface area contributed by atoms with Crippen LogP contribution in [0.1, 0.15) is 37.3 Å². The molecule has 2 aliphatic rings. The number of benzene rings is 1. The summed E-state index contributed by atoms with van der Waals surface area (Å²) in [6.07, 6.45) is 6.42. The Balaban J connectivity index is 1.51. The van der Waals surface area contributed by atoms with Crippen LogP contribution in [0.2, 0.25) is 0 Å². The third kappa shape index (κ3) is 4.94. The molecule has 1 unspecified atom stereocenters. The van der Waals surface area contributed by atoms with Gasteiger partial charge in [0, 0.05) is 51.7 Å². The van der Waals surface area contributed by atoms with Crippen LogP contribution in [0.3, 0.4) is 0 Å². The van der Waals surface area contributed by atoms with Gasteiger partial charge in [0.25, 0.3) is 5.91 Å². The molecule has 7 heteroatoms. The van der Waals surface area contributed by atoms with E-state index in [0.29, 0.717) is 32.5 Å². The lowest BCUT2D eigenvalue weighted by atomic mass is 9.85. The molecule has 176 valence electrons. The normalized spacial score (nSPS) is 19.5. The van der Waals surface area contributed by atoms with Crippen molar-refractivity contribution >= 4 is 11.9 Å². The van der Waals surface area contributed by atoms with E-state index in [4.69, 9.17) is 4.74 Å². The highest BCUT2D eigenvalue weighted by molar-refractivity contribution is 6.07. The van der Waals surface area contributed by atoms with Crippen LogP contribution in [0.15, 0.2) is 54.9 Å². The Morgan fingerprint density at radius 3 is 2.45 bits per heavy atom. The van der Waals surface area contributed by atoms with Gasteiger partial charge in [0.15, 0.2) is 0 Å². The number of ether oxygens (including phenoxy) is 1. The van der Waals surface area contributed by atoms with Crippen LogP contribution in [-0.2, 0) is 22.5 Å². The highest BCUT2D eigenvalue weighted by Gasteiger charge is 2.57. The summed E-state index contributed by atoms with van der Waals surface area (Å²) < 4.78 is 5.32. The van der Waals surface area contributed by atoms with E-state index in [-0.39, 0.29) is 18.0 Å². The molecule has 2 aromatic rings. The molecule has 0 radical (unpaired) electrons. The number of piperidine rings is 1. The summed E-state index contributed by atoms with van der Waals surface area (Å²) >= 11 is 0. The highest BCUT2D eigenvalue weighted by Crippen LogP contribution is 2.39. The molecular formula is C26H34N4O3. The van der Waals surface area contributed by atoms with Crippen molar-refractivity contribution in [2.24, 2.45) is 0 Å². The van der Waals surface area contributed by atoms with E-state index in [1.807, 2.05) is 53.6 Å². The average molecular weight is 451 g/mol. The predicted octanol–water partition coefficient (Wildman–Crippen LogP) is 3.35. The van der Waals surface area contributed by atoms with E-state index < -0.39 is 5.54 Å². The number of likely N-dealkylation sites (tertiary alicyclic amines) is 1. The molecule has 1 spiro atoms. The van der Waals surface area contributed by atoms with Gasteiger partial charge in [0.05, 0.1) is 6.61 Å². The summed E-state index contributed by atoms with van der Waals surface area (Å²) in [6, 6.07) is 14.0. The van der Waals surface area contributed by atoms with E-state index in [1.165, 1.54) is 4.90 Å². The summed E-state index contributed by atoms with van der Waals surface area (Å²) in [5.74, 6) is -0.0336. The quantitative estimate of drug-likeness (QED) is 0.548. The Hall–Kier alpha value is -2.77. The summed E-state index contributed by atoms with van der Waals surface area (Å²) in [5, 5.41) is 0. The van der Waals surface area contributed by atoms with Gasteiger partial charge >= 0.3 is 6.03 Å². The van der Waals surface area contributed by atoms with Crippen molar-refractivity contribution in [3.8, 4) is 0 Å². The molecule has 1 atom stereocenters. The molecule has 3 amide bonds. The van der Waals surface area contributed by atoms with Crippen LogP contribution in [0, 0.1) is 0 Å². The smallest absolute Gasteiger partial charge is 0.327 e. The minimum Gasteiger partial charge on any atom is -0.383 e. The molecule has 0 N–H and O–H groups in total. The van der Waals surface area contributed by atoms with Gasteiger partial charge in [0.2, 0.25) is 0 Å². The minimum absolute atomic E-state index is 0.0336. The lowest BCUT2D eigenvalue weighted by molar-refractivity contribution is -0.136. The second-order valence-electron chi connectivity index (χ2n) is 9.15. The maximum Gasteiger partial charge on any atom is 0.327 e. The molecule has 2 saturated heterocycles. The fourth-order valence-corrected chi connectivity index (χ4v) is 5.12. The largest absolute Gasteiger partial charge is 0.383 e. The predicted molar refractivity (Wildman–Crippen MR) is 127 cm³/mol. The number of carbonyl (C=O) groups excluding carboxylic acids is 2. The molecule has 2 fully saturated rings. The Labute approximate surface area is 196 Å². The summed E-state index contributed by atoms with van der Waals surface area (Å²) in [4.78, 5) is 37.1. The number of pyridine rings is 1. The topological polar surface area (TPSA) is 66.0 Å². The zero-order chi connectivity index (χ0) is 23.3. The summed E-state index contributed by atoms with van der Waals surface area (Å²) in [5.41, 5.74) is 1.41. The van der Waals surface area contributed by atoms with Crippen LogP contribution in [0.25, 0.3) is 0 Å². The number of aromatic nitrogens is 1. The van der Waals surface area contributed by atoms with E-state index in [0.717, 1.165) is 37.1 Å². The standard InChI is InChI=1S/C26H34N4O3/c1-21(20-33-2)28-16-12-26(13-17-28)24(31)29(15-7-11-22-10-6-14-27-18-22)25(32)30(26)19-23-8-4-3-5-9-23/h3-6,8-10,14,18,21H,7,11-13,15-17,19-20H2,1-2H3. The molecule has 1 aromatic carbocycles. The number of hydrogen-bond acceptors (Lipinski definition) is 5. The zero-order valence-corrected chi connectivity index (χ0v) is 19.7. The molecule has 0 aliphatic carbocycles. The van der Waals surface area contributed by atoms with E-state index >= 15 is 0 Å². The SMILES string of the molecule is COCC(C)N1CCC2(CC1)C(=O)N(CCCc1cccnc1)C(=O)N2Cc1ccccc1. The number of methoxy groups -OCH3 is 1. The first-order valence-corrected chi connectivity index (χ1v) is 11.8.